The first-order valence-electron chi connectivity index (χ1n) is 7.71. The van der Waals surface area contributed by atoms with Crippen LogP contribution in [0.5, 0.6) is 17.2 Å². The Labute approximate surface area is 161 Å². The highest BCUT2D eigenvalue weighted by Crippen LogP contribution is 2.37. The smallest absolute Gasteiger partial charge is 0.270 e. The molecule has 1 saturated heterocycles. The number of thiocarbonyl (C=S) groups is 1. The SMILES string of the molecule is COc1ccc(N2C(=O)C(=Cc3ccc(OC)c(OC)c3)SC2=S)cc1. The summed E-state index contributed by atoms with van der Waals surface area (Å²) in [6.07, 6.45) is 1.80. The topological polar surface area (TPSA) is 48.0 Å². The lowest BCUT2D eigenvalue weighted by atomic mass is 10.2. The number of nitrogens with zero attached hydrogens (tertiary/aromatic N) is 1. The predicted molar refractivity (Wildman–Crippen MR) is 108 cm³/mol. The van der Waals surface area contributed by atoms with Crippen LogP contribution in [0.15, 0.2) is 47.4 Å². The monoisotopic (exact) mass is 387 g/mol. The van der Waals surface area contributed by atoms with E-state index in [1.54, 1.807) is 45.6 Å². The van der Waals surface area contributed by atoms with Gasteiger partial charge in [-0.25, -0.2) is 0 Å². The first kappa shape index (κ1) is 18.3. The second kappa shape index (κ2) is 7.80. The summed E-state index contributed by atoms with van der Waals surface area (Å²) in [5.41, 5.74) is 1.54. The first-order chi connectivity index (χ1) is 12.6. The van der Waals surface area contributed by atoms with Crippen LogP contribution in [0.3, 0.4) is 0 Å². The van der Waals surface area contributed by atoms with E-state index in [0.29, 0.717) is 26.4 Å². The van der Waals surface area contributed by atoms with Gasteiger partial charge in [0.2, 0.25) is 0 Å². The minimum absolute atomic E-state index is 0.153. The van der Waals surface area contributed by atoms with E-state index in [4.69, 9.17) is 26.4 Å². The van der Waals surface area contributed by atoms with Crippen LogP contribution < -0.4 is 19.1 Å². The molecule has 0 saturated carbocycles. The predicted octanol–water partition coefficient (Wildman–Crippen LogP) is 4.12. The second-order valence-electron chi connectivity index (χ2n) is 5.33. The van der Waals surface area contributed by atoms with Crippen LogP contribution in [-0.2, 0) is 4.79 Å². The summed E-state index contributed by atoms with van der Waals surface area (Å²) in [4.78, 5) is 14.9. The molecule has 1 aliphatic rings. The molecule has 1 heterocycles. The number of hydrogen-bond donors (Lipinski definition) is 0. The van der Waals surface area contributed by atoms with Crippen molar-refractivity contribution in [3.05, 3.63) is 52.9 Å². The zero-order valence-corrected chi connectivity index (χ0v) is 16.1. The lowest BCUT2D eigenvalue weighted by molar-refractivity contribution is -0.113. The number of carbonyl (C=O) groups excluding carboxylic acids is 1. The molecule has 2 aromatic carbocycles. The third-order valence-electron chi connectivity index (χ3n) is 3.83. The second-order valence-corrected chi connectivity index (χ2v) is 7.01. The molecule has 26 heavy (non-hydrogen) atoms. The van der Waals surface area contributed by atoms with Gasteiger partial charge in [0, 0.05) is 0 Å². The highest BCUT2D eigenvalue weighted by atomic mass is 32.2. The van der Waals surface area contributed by atoms with Crippen LogP contribution in [-0.4, -0.2) is 31.6 Å². The molecule has 0 aliphatic carbocycles. The Balaban J connectivity index is 1.89. The van der Waals surface area contributed by atoms with Crippen molar-refractivity contribution in [1.82, 2.24) is 0 Å². The zero-order valence-electron chi connectivity index (χ0n) is 14.5. The van der Waals surface area contributed by atoms with Crippen molar-refractivity contribution >= 4 is 46.0 Å². The molecule has 7 heteroatoms. The summed E-state index contributed by atoms with van der Waals surface area (Å²) >= 11 is 6.66. The van der Waals surface area contributed by atoms with Gasteiger partial charge in [-0.3, -0.25) is 9.69 Å². The van der Waals surface area contributed by atoms with Gasteiger partial charge in [0.15, 0.2) is 15.8 Å². The van der Waals surface area contributed by atoms with Gasteiger partial charge in [-0.1, -0.05) is 30.0 Å². The molecule has 1 fully saturated rings. The molecule has 134 valence electrons. The van der Waals surface area contributed by atoms with E-state index in [2.05, 4.69) is 0 Å². The number of ether oxygens (including phenoxy) is 3. The molecule has 5 nitrogen and oxygen atoms in total. The van der Waals surface area contributed by atoms with E-state index < -0.39 is 0 Å². The van der Waals surface area contributed by atoms with E-state index in [1.165, 1.54) is 16.7 Å². The number of thioether (sulfide) groups is 1. The van der Waals surface area contributed by atoms with E-state index in [-0.39, 0.29) is 5.91 Å². The van der Waals surface area contributed by atoms with Gasteiger partial charge in [0.25, 0.3) is 5.91 Å². The number of benzene rings is 2. The summed E-state index contributed by atoms with van der Waals surface area (Å²) < 4.78 is 16.2. The molecule has 0 spiro atoms. The maximum Gasteiger partial charge on any atom is 0.270 e. The molecule has 2 aromatic rings. The maximum atomic E-state index is 12.8. The van der Waals surface area contributed by atoms with Crippen LogP contribution in [0.1, 0.15) is 5.56 Å². The molecule has 0 atom stereocenters. The van der Waals surface area contributed by atoms with E-state index in [0.717, 1.165) is 11.3 Å². The van der Waals surface area contributed by atoms with E-state index >= 15 is 0 Å². The van der Waals surface area contributed by atoms with Crippen molar-refractivity contribution in [2.24, 2.45) is 0 Å². The van der Waals surface area contributed by atoms with Crippen LogP contribution in [0.2, 0.25) is 0 Å². The minimum Gasteiger partial charge on any atom is -0.497 e. The number of rotatable bonds is 5. The van der Waals surface area contributed by atoms with Crippen LogP contribution >= 0.6 is 24.0 Å². The van der Waals surface area contributed by atoms with Crippen LogP contribution in [0.4, 0.5) is 5.69 Å². The molecule has 0 N–H and O–H groups in total. The average molecular weight is 387 g/mol. The van der Waals surface area contributed by atoms with Gasteiger partial charge < -0.3 is 14.2 Å². The molecule has 0 bridgehead atoms. The van der Waals surface area contributed by atoms with Crippen molar-refractivity contribution < 1.29 is 19.0 Å². The van der Waals surface area contributed by atoms with Crippen molar-refractivity contribution in [1.29, 1.82) is 0 Å². The largest absolute Gasteiger partial charge is 0.497 e. The molecule has 0 aromatic heterocycles. The Bertz CT molecular complexity index is 878. The molecular formula is C19H17NO4S2. The summed E-state index contributed by atoms with van der Waals surface area (Å²) in [5.74, 6) is 1.81. The number of amides is 1. The summed E-state index contributed by atoms with van der Waals surface area (Å²) in [6.45, 7) is 0. The summed E-state index contributed by atoms with van der Waals surface area (Å²) in [7, 11) is 4.75. The molecule has 1 amide bonds. The zero-order chi connectivity index (χ0) is 18.7. The normalized spacial score (nSPS) is 15.5. The molecular weight excluding hydrogens is 370 g/mol. The van der Waals surface area contributed by atoms with Gasteiger partial charge in [0.05, 0.1) is 31.9 Å². The number of hydrogen-bond acceptors (Lipinski definition) is 6. The average Bonchev–Trinajstić information content (AvgIpc) is 2.95. The van der Waals surface area contributed by atoms with Crippen molar-refractivity contribution in [2.45, 2.75) is 0 Å². The standard InChI is InChI=1S/C19H17NO4S2/c1-22-14-7-5-13(6-8-14)20-18(21)17(26-19(20)25)11-12-4-9-15(23-2)16(10-12)24-3/h4-11H,1-3H3. The van der Waals surface area contributed by atoms with Gasteiger partial charge in [-0.2, -0.15) is 0 Å². The number of carbonyl (C=O) groups is 1. The molecule has 1 aliphatic heterocycles. The first-order valence-corrected chi connectivity index (χ1v) is 8.94. The lowest BCUT2D eigenvalue weighted by Gasteiger charge is -2.14. The Morgan fingerprint density at radius 2 is 1.65 bits per heavy atom. The molecule has 0 radical (unpaired) electrons. The third kappa shape index (κ3) is 3.54. The number of methoxy groups -OCH3 is 3. The third-order valence-corrected chi connectivity index (χ3v) is 5.13. The van der Waals surface area contributed by atoms with E-state index in [9.17, 15) is 4.79 Å². The fraction of sp³-hybridized carbons (Fsp3) is 0.158. The van der Waals surface area contributed by atoms with Crippen molar-refractivity contribution in [2.75, 3.05) is 26.2 Å². The Hall–Kier alpha value is -2.51. The highest BCUT2D eigenvalue weighted by Gasteiger charge is 2.33. The summed E-state index contributed by atoms with van der Waals surface area (Å²) in [5, 5.41) is 0. The van der Waals surface area contributed by atoms with E-state index in [1.807, 2.05) is 24.3 Å². The van der Waals surface area contributed by atoms with Crippen LogP contribution in [0, 0.1) is 0 Å². The Kier molecular flexibility index (Phi) is 5.49. The van der Waals surface area contributed by atoms with Gasteiger partial charge in [-0.05, 0) is 48.0 Å². The minimum atomic E-state index is -0.153. The Morgan fingerprint density at radius 1 is 0.962 bits per heavy atom. The lowest BCUT2D eigenvalue weighted by Crippen LogP contribution is -2.27. The highest BCUT2D eigenvalue weighted by molar-refractivity contribution is 8.27. The molecule has 0 unspecified atom stereocenters. The fourth-order valence-electron chi connectivity index (χ4n) is 2.52. The summed E-state index contributed by atoms with van der Waals surface area (Å²) in [6, 6.07) is 12.7. The fourth-order valence-corrected chi connectivity index (χ4v) is 3.81. The van der Waals surface area contributed by atoms with Gasteiger partial charge >= 0.3 is 0 Å². The molecule has 3 rings (SSSR count). The number of anilines is 1. The van der Waals surface area contributed by atoms with Gasteiger partial charge in [-0.15, -0.1) is 0 Å². The van der Waals surface area contributed by atoms with Crippen LogP contribution in [0.25, 0.3) is 6.08 Å². The van der Waals surface area contributed by atoms with Crippen molar-refractivity contribution in [3.8, 4) is 17.2 Å². The Morgan fingerprint density at radius 3 is 2.27 bits per heavy atom. The maximum absolute atomic E-state index is 12.8. The van der Waals surface area contributed by atoms with Gasteiger partial charge in [0.1, 0.15) is 5.75 Å². The van der Waals surface area contributed by atoms with Crippen molar-refractivity contribution in [3.63, 3.8) is 0 Å². The quantitative estimate of drug-likeness (QED) is 0.568.